The Morgan fingerprint density at radius 3 is 2.33 bits per heavy atom. The van der Waals surface area contributed by atoms with Crippen LogP contribution in [-0.4, -0.2) is 29.6 Å². The fourth-order valence-corrected chi connectivity index (χ4v) is 3.73. The number of phenols is 1. The second-order valence-electron chi connectivity index (χ2n) is 7.06. The molecule has 0 aromatic heterocycles. The van der Waals surface area contributed by atoms with Gasteiger partial charge in [0.15, 0.2) is 0 Å². The van der Waals surface area contributed by atoms with E-state index in [1.807, 2.05) is 18.2 Å². The molecule has 0 amide bonds. The predicted octanol–water partition coefficient (Wildman–Crippen LogP) is 4.67. The van der Waals surface area contributed by atoms with Crippen molar-refractivity contribution in [3.8, 4) is 5.75 Å². The molecule has 128 valence electrons. The Kier molecular flexibility index (Phi) is 6.31. The highest BCUT2D eigenvalue weighted by atomic mass is 16.3. The molecule has 0 spiro atoms. The molecule has 1 aliphatic rings. The van der Waals surface area contributed by atoms with E-state index < -0.39 is 0 Å². The van der Waals surface area contributed by atoms with Crippen molar-refractivity contribution >= 4 is 0 Å². The van der Waals surface area contributed by atoms with Gasteiger partial charge >= 0.3 is 0 Å². The van der Waals surface area contributed by atoms with Crippen LogP contribution >= 0.6 is 0 Å². The van der Waals surface area contributed by atoms with Gasteiger partial charge in [-0.15, -0.1) is 0 Å². The third kappa shape index (κ3) is 5.10. The highest BCUT2D eigenvalue weighted by Gasteiger charge is 2.18. The summed E-state index contributed by atoms with van der Waals surface area (Å²) in [6.45, 7) is 3.69. The van der Waals surface area contributed by atoms with E-state index in [1.165, 1.54) is 50.9 Å². The van der Waals surface area contributed by atoms with Crippen LogP contribution in [0.5, 0.6) is 5.75 Å². The van der Waals surface area contributed by atoms with Gasteiger partial charge in [0.2, 0.25) is 0 Å². The smallest absolute Gasteiger partial charge is 0.118 e. The van der Waals surface area contributed by atoms with E-state index in [1.54, 1.807) is 6.07 Å². The third-order valence-corrected chi connectivity index (χ3v) is 5.24. The van der Waals surface area contributed by atoms with Crippen LogP contribution in [0.2, 0.25) is 0 Å². The molecule has 1 heterocycles. The van der Waals surface area contributed by atoms with Crippen molar-refractivity contribution in [2.24, 2.45) is 5.92 Å². The number of aryl methyl sites for hydroxylation is 1. The van der Waals surface area contributed by atoms with Gasteiger partial charge in [0, 0.05) is 0 Å². The molecule has 0 unspecified atom stereocenters. The lowest BCUT2D eigenvalue weighted by Gasteiger charge is -2.32. The average molecular weight is 323 g/mol. The monoisotopic (exact) mass is 323 g/mol. The predicted molar refractivity (Wildman–Crippen MR) is 100 cm³/mol. The highest BCUT2D eigenvalue weighted by Crippen LogP contribution is 2.22. The molecule has 1 aliphatic heterocycles. The first-order chi connectivity index (χ1) is 11.8. The minimum absolute atomic E-state index is 0.444. The van der Waals surface area contributed by atoms with Crippen molar-refractivity contribution in [1.29, 1.82) is 0 Å². The van der Waals surface area contributed by atoms with Crippen LogP contribution in [0.1, 0.15) is 36.8 Å². The second kappa shape index (κ2) is 8.89. The van der Waals surface area contributed by atoms with Crippen molar-refractivity contribution < 1.29 is 5.11 Å². The SMILES string of the molecule is Oc1ccccc1CCCCN1CCC(Cc2ccccc2)CC1. The molecule has 2 nitrogen and oxygen atoms in total. The number of piperidine rings is 1. The van der Waals surface area contributed by atoms with E-state index in [-0.39, 0.29) is 0 Å². The number of hydrogen-bond donors (Lipinski definition) is 1. The first-order valence-electron chi connectivity index (χ1n) is 9.34. The molecule has 2 aromatic carbocycles. The molecule has 1 N–H and O–H groups in total. The Bertz CT molecular complexity index is 602. The lowest BCUT2D eigenvalue weighted by Crippen LogP contribution is -2.35. The maximum atomic E-state index is 9.80. The van der Waals surface area contributed by atoms with Gasteiger partial charge in [-0.3, -0.25) is 0 Å². The Hall–Kier alpha value is -1.80. The number of rotatable bonds is 7. The van der Waals surface area contributed by atoms with Crippen LogP contribution in [0.3, 0.4) is 0 Å². The zero-order chi connectivity index (χ0) is 16.6. The largest absolute Gasteiger partial charge is 0.508 e. The van der Waals surface area contributed by atoms with Crippen LogP contribution < -0.4 is 0 Å². The Morgan fingerprint density at radius 1 is 0.875 bits per heavy atom. The first kappa shape index (κ1) is 17.0. The van der Waals surface area contributed by atoms with E-state index >= 15 is 0 Å². The summed E-state index contributed by atoms with van der Waals surface area (Å²) in [4.78, 5) is 2.62. The summed E-state index contributed by atoms with van der Waals surface area (Å²) in [6, 6.07) is 18.6. The number of unbranched alkanes of at least 4 members (excludes halogenated alkanes) is 1. The lowest BCUT2D eigenvalue weighted by molar-refractivity contribution is 0.181. The molecule has 0 radical (unpaired) electrons. The third-order valence-electron chi connectivity index (χ3n) is 5.24. The first-order valence-corrected chi connectivity index (χ1v) is 9.34. The van der Waals surface area contributed by atoms with Gasteiger partial charge in [-0.2, -0.15) is 0 Å². The van der Waals surface area contributed by atoms with Crippen molar-refractivity contribution in [2.75, 3.05) is 19.6 Å². The van der Waals surface area contributed by atoms with Crippen LogP contribution in [-0.2, 0) is 12.8 Å². The van der Waals surface area contributed by atoms with Crippen molar-refractivity contribution in [3.05, 3.63) is 65.7 Å². The summed E-state index contributed by atoms with van der Waals surface area (Å²) in [5.74, 6) is 1.30. The summed E-state index contributed by atoms with van der Waals surface area (Å²) >= 11 is 0. The van der Waals surface area contributed by atoms with E-state index in [9.17, 15) is 5.11 Å². The van der Waals surface area contributed by atoms with E-state index in [0.29, 0.717) is 5.75 Å². The van der Waals surface area contributed by atoms with Gasteiger partial charge in [-0.05, 0) is 81.3 Å². The highest BCUT2D eigenvalue weighted by molar-refractivity contribution is 5.31. The number of phenolic OH excluding ortho intramolecular Hbond substituents is 1. The number of aromatic hydroxyl groups is 1. The molecule has 0 atom stereocenters. The molecular weight excluding hydrogens is 294 g/mol. The molecule has 0 saturated carbocycles. The fraction of sp³-hybridized carbons (Fsp3) is 0.455. The van der Waals surface area contributed by atoms with Crippen molar-refractivity contribution in [2.45, 2.75) is 38.5 Å². The van der Waals surface area contributed by atoms with Crippen molar-refractivity contribution in [1.82, 2.24) is 4.90 Å². The standard InChI is InChI=1S/C22H29NO/c24-22-12-5-4-10-21(22)11-6-7-15-23-16-13-20(14-17-23)18-19-8-2-1-3-9-19/h1-5,8-10,12,20,24H,6-7,11,13-18H2. The van der Waals surface area contributed by atoms with E-state index in [2.05, 4.69) is 35.2 Å². The van der Waals surface area contributed by atoms with Crippen LogP contribution in [0.25, 0.3) is 0 Å². The van der Waals surface area contributed by atoms with Gasteiger partial charge in [-0.25, -0.2) is 0 Å². The summed E-state index contributed by atoms with van der Waals surface area (Å²) in [5, 5.41) is 9.80. The van der Waals surface area contributed by atoms with E-state index in [4.69, 9.17) is 0 Å². The van der Waals surface area contributed by atoms with Crippen LogP contribution in [0.15, 0.2) is 54.6 Å². The molecule has 1 saturated heterocycles. The minimum Gasteiger partial charge on any atom is -0.508 e. The topological polar surface area (TPSA) is 23.5 Å². The lowest BCUT2D eigenvalue weighted by atomic mass is 9.90. The number of benzene rings is 2. The Balaban J connectivity index is 1.32. The Labute approximate surface area is 146 Å². The normalized spacial score (nSPS) is 16.3. The molecule has 0 aliphatic carbocycles. The number of hydrogen-bond acceptors (Lipinski definition) is 2. The fourth-order valence-electron chi connectivity index (χ4n) is 3.73. The van der Waals surface area contributed by atoms with E-state index in [0.717, 1.165) is 24.3 Å². The molecule has 0 bridgehead atoms. The van der Waals surface area contributed by atoms with Gasteiger partial charge < -0.3 is 10.0 Å². The number of nitrogens with zero attached hydrogens (tertiary/aromatic N) is 1. The molecule has 1 fully saturated rings. The van der Waals surface area contributed by atoms with Crippen molar-refractivity contribution in [3.63, 3.8) is 0 Å². The second-order valence-corrected chi connectivity index (χ2v) is 7.06. The summed E-state index contributed by atoms with van der Waals surface area (Å²) in [5.41, 5.74) is 2.57. The van der Waals surface area contributed by atoms with Gasteiger partial charge in [0.25, 0.3) is 0 Å². The Morgan fingerprint density at radius 2 is 1.58 bits per heavy atom. The van der Waals surface area contributed by atoms with Gasteiger partial charge in [-0.1, -0.05) is 48.5 Å². The van der Waals surface area contributed by atoms with Gasteiger partial charge in [0.1, 0.15) is 5.75 Å². The maximum Gasteiger partial charge on any atom is 0.118 e. The minimum atomic E-state index is 0.444. The molecule has 24 heavy (non-hydrogen) atoms. The zero-order valence-electron chi connectivity index (χ0n) is 14.5. The number of likely N-dealkylation sites (tertiary alicyclic amines) is 1. The quantitative estimate of drug-likeness (QED) is 0.749. The molecule has 2 heteroatoms. The average Bonchev–Trinajstić information content (AvgIpc) is 2.62. The summed E-state index contributed by atoms with van der Waals surface area (Å²) < 4.78 is 0. The van der Waals surface area contributed by atoms with Gasteiger partial charge in [0.05, 0.1) is 0 Å². The summed E-state index contributed by atoms with van der Waals surface area (Å²) in [6.07, 6.45) is 7.25. The summed E-state index contributed by atoms with van der Waals surface area (Å²) in [7, 11) is 0. The zero-order valence-corrected chi connectivity index (χ0v) is 14.5. The maximum absolute atomic E-state index is 9.80. The molecule has 3 rings (SSSR count). The number of para-hydroxylation sites is 1. The van der Waals surface area contributed by atoms with Crippen LogP contribution in [0, 0.1) is 5.92 Å². The van der Waals surface area contributed by atoms with Crippen LogP contribution in [0.4, 0.5) is 0 Å². The molecular formula is C22H29NO. The molecule has 2 aromatic rings.